The number of hydrogen-bond acceptors (Lipinski definition) is 5. The summed E-state index contributed by atoms with van der Waals surface area (Å²) in [5.41, 5.74) is 1.36. The third-order valence-electron chi connectivity index (χ3n) is 4.12. The SMILES string of the molecule is CCc1nc2ccccc2c(=O)n1Cc1noc(-c2ccc(Cl)cc2)n1. The number of nitrogens with zero attached hydrogens (tertiary/aromatic N) is 4. The van der Waals surface area contributed by atoms with Gasteiger partial charge in [-0.15, -0.1) is 0 Å². The molecule has 130 valence electrons. The van der Waals surface area contributed by atoms with Gasteiger partial charge in [0.25, 0.3) is 11.4 Å². The van der Waals surface area contributed by atoms with Crippen LogP contribution in [0.25, 0.3) is 22.4 Å². The molecule has 0 atom stereocenters. The Morgan fingerprint density at radius 1 is 1.08 bits per heavy atom. The first-order valence-electron chi connectivity index (χ1n) is 8.22. The average Bonchev–Trinajstić information content (AvgIpc) is 3.13. The Hall–Kier alpha value is -2.99. The first kappa shape index (κ1) is 16.5. The van der Waals surface area contributed by atoms with E-state index in [1.807, 2.05) is 25.1 Å². The summed E-state index contributed by atoms with van der Waals surface area (Å²) in [6.45, 7) is 2.17. The summed E-state index contributed by atoms with van der Waals surface area (Å²) >= 11 is 5.90. The first-order valence-corrected chi connectivity index (χ1v) is 8.60. The van der Waals surface area contributed by atoms with Crippen molar-refractivity contribution in [1.29, 1.82) is 0 Å². The fourth-order valence-electron chi connectivity index (χ4n) is 2.82. The number of aromatic nitrogens is 4. The van der Waals surface area contributed by atoms with Crippen molar-refractivity contribution in [3.05, 3.63) is 75.6 Å². The summed E-state index contributed by atoms with van der Waals surface area (Å²) in [6, 6.07) is 14.4. The predicted molar refractivity (Wildman–Crippen MR) is 99.2 cm³/mol. The van der Waals surface area contributed by atoms with Gasteiger partial charge in [0, 0.05) is 17.0 Å². The van der Waals surface area contributed by atoms with Gasteiger partial charge < -0.3 is 4.52 Å². The normalized spacial score (nSPS) is 11.2. The van der Waals surface area contributed by atoms with Crippen LogP contribution in [-0.4, -0.2) is 19.7 Å². The number of fused-ring (bicyclic) bond motifs is 1. The maximum absolute atomic E-state index is 12.8. The van der Waals surface area contributed by atoms with Crippen molar-refractivity contribution in [1.82, 2.24) is 19.7 Å². The van der Waals surface area contributed by atoms with E-state index in [2.05, 4.69) is 15.1 Å². The van der Waals surface area contributed by atoms with Crippen LogP contribution in [0.15, 0.2) is 57.8 Å². The van der Waals surface area contributed by atoms with Gasteiger partial charge >= 0.3 is 0 Å². The molecule has 0 saturated carbocycles. The van der Waals surface area contributed by atoms with Gasteiger partial charge in [-0.1, -0.05) is 35.8 Å². The Bertz CT molecular complexity index is 1130. The zero-order chi connectivity index (χ0) is 18.1. The van der Waals surface area contributed by atoms with Crippen molar-refractivity contribution < 1.29 is 4.52 Å². The Morgan fingerprint density at radius 2 is 1.85 bits per heavy atom. The molecule has 26 heavy (non-hydrogen) atoms. The van der Waals surface area contributed by atoms with Crippen molar-refractivity contribution >= 4 is 22.5 Å². The van der Waals surface area contributed by atoms with E-state index in [4.69, 9.17) is 16.1 Å². The van der Waals surface area contributed by atoms with Gasteiger partial charge in [0.2, 0.25) is 0 Å². The quantitative estimate of drug-likeness (QED) is 0.550. The fourth-order valence-corrected chi connectivity index (χ4v) is 2.94. The lowest BCUT2D eigenvalue weighted by molar-refractivity contribution is 0.419. The average molecular weight is 367 g/mol. The number of hydrogen-bond donors (Lipinski definition) is 0. The van der Waals surface area contributed by atoms with Gasteiger partial charge in [0.15, 0.2) is 5.82 Å². The smallest absolute Gasteiger partial charge is 0.261 e. The molecule has 0 aliphatic heterocycles. The van der Waals surface area contributed by atoms with Gasteiger partial charge in [-0.25, -0.2) is 4.98 Å². The molecule has 6 nitrogen and oxygen atoms in total. The minimum Gasteiger partial charge on any atom is -0.334 e. The molecule has 0 bridgehead atoms. The zero-order valence-electron chi connectivity index (χ0n) is 14.0. The van der Waals surface area contributed by atoms with Crippen LogP contribution in [0.2, 0.25) is 5.02 Å². The molecular weight excluding hydrogens is 352 g/mol. The van der Waals surface area contributed by atoms with Crippen LogP contribution in [0.5, 0.6) is 0 Å². The number of para-hydroxylation sites is 1. The first-order chi connectivity index (χ1) is 12.7. The lowest BCUT2D eigenvalue weighted by Gasteiger charge is -2.10. The van der Waals surface area contributed by atoms with Gasteiger partial charge in [0.05, 0.1) is 17.4 Å². The van der Waals surface area contributed by atoms with Crippen LogP contribution in [0.1, 0.15) is 18.6 Å². The number of benzene rings is 2. The largest absolute Gasteiger partial charge is 0.334 e. The van der Waals surface area contributed by atoms with Crippen molar-refractivity contribution in [3.8, 4) is 11.5 Å². The molecule has 7 heteroatoms. The second-order valence-electron chi connectivity index (χ2n) is 5.81. The van der Waals surface area contributed by atoms with Crippen LogP contribution in [0, 0.1) is 0 Å². The maximum atomic E-state index is 12.8. The molecule has 0 spiro atoms. The summed E-state index contributed by atoms with van der Waals surface area (Å²) in [6.07, 6.45) is 0.627. The molecule has 0 radical (unpaired) electrons. The molecule has 0 saturated heterocycles. The van der Waals surface area contributed by atoms with Gasteiger partial charge in [0.1, 0.15) is 5.82 Å². The third-order valence-corrected chi connectivity index (χ3v) is 4.37. The standard InChI is InChI=1S/C19H15ClN4O2/c1-2-17-21-15-6-4-3-5-14(15)19(25)24(17)11-16-22-18(26-23-16)12-7-9-13(20)10-8-12/h3-10H,2,11H2,1H3. The highest BCUT2D eigenvalue weighted by Crippen LogP contribution is 2.20. The minimum atomic E-state index is -0.106. The van der Waals surface area contributed by atoms with Crippen molar-refractivity contribution in [2.75, 3.05) is 0 Å². The highest BCUT2D eigenvalue weighted by atomic mass is 35.5. The molecule has 0 fully saturated rings. The number of halogens is 1. The predicted octanol–water partition coefficient (Wildman–Crippen LogP) is 3.71. The molecular formula is C19H15ClN4O2. The summed E-state index contributed by atoms with van der Waals surface area (Å²) < 4.78 is 6.92. The van der Waals surface area contributed by atoms with E-state index in [1.165, 1.54) is 0 Å². The van der Waals surface area contributed by atoms with E-state index in [-0.39, 0.29) is 12.1 Å². The summed E-state index contributed by atoms with van der Waals surface area (Å²) in [5, 5.41) is 5.21. The van der Waals surface area contributed by atoms with Crippen LogP contribution in [0.3, 0.4) is 0 Å². The molecule has 0 aliphatic rings. The van der Waals surface area contributed by atoms with Crippen molar-refractivity contribution in [3.63, 3.8) is 0 Å². The molecule has 4 rings (SSSR count). The molecule has 0 aliphatic carbocycles. The maximum Gasteiger partial charge on any atom is 0.261 e. The second kappa shape index (κ2) is 6.72. The molecule has 4 aromatic rings. The number of rotatable bonds is 4. The molecule has 2 aromatic carbocycles. The number of aryl methyl sites for hydroxylation is 1. The fraction of sp³-hybridized carbons (Fsp3) is 0.158. The van der Waals surface area contributed by atoms with Gasteiger partial charge in [-0.05, 0) is 36.4 Å². The summed E-state index contributed by atoms with van der Waals surface area (Å²) in [7, 11) is 0. The highest BCUT2D eigenvalue weighted by molar-refractivity contribution is 6.30. The van der Waals surface area contributed by atoms with Gasteiger partial charge in [-0.3, -0.25) is 9.36 Å². The summed E-state index contributed by atoms with van der Waals surface area (Å²) in [4.78, 5) is 21.8. The Labute approximate surface area is 154 Å². The van der Waals surface area contributed by atoms with Crippen molar-refractivity contribution in [2.24, 2.45) is 0 Å². The highest BCUT2D eigenvalue weighted by Gasteiger charge is 2.14. The molecule has 2 heterocycles. The monoisotopic (exact) mass is 366 g/mol. The lowest BCUT2D eigenvalue weighted by atomic mass is 10.2. The zero-order valence-corrected chi connectivity index (χ0v) is 14.8. The van der Waals surface area contributed by atoms with E-state index in [0.717, 1.165) is 5.56 Å². The second-order valence-corrected chi connectivity index (χ2v) is 6.25. The minimum absolute atomic E-state index is 0.106. The Morgan fingerprint density at radius 3 is 2.62 bits per heavy atom. The van der Waals surface area contributed by atoms with Gasteiger partial charge in [-0.2, -0.15) is 4.98 Å². The van der Waals surface area contributed by atoms with Crippen molar-refractivity contribution in [2.45, 2.75) is 19.9 Å². The van der Waals surface area contributed by atoms with Crippen LogP contribution >= 0.6 is 11.6 Å². The topological polar surface area (TPSA) is 73.8 Å². The van der Waals surface area contributed by atoms with Crippen LogP contribution < -0.4 is 5.56 Å². The Kier molecular flexibility index (Phi) is 4.26. The molecule has 2 aromatic heterocycles. The molecule has 0 N–H and O–H groups in total. The molecule has 0 amide bonds. The summed E-state index contributed by atoms with van der Waals surface area (Å²) in [5.74, 6) is 1.49. The molecule has 0 unspecified atom stereocenters. The van der Waals surface area contributed by atoms with E-state index >= 15 is 0 Å². The Balaban J connectivity index is 1.73. The van der Waals surface area contributed by atoms with E-state index in [1.54, 1.807) is 34.9 Å². The lowest BCUT2D eigenvalue weighted by Crippen LogP contribution is -2.26. The third kappa shape index (κ3) is 2.99. The van der Waals surface area contributed by atoms with Crippen LogP contribution in [0.4, 0.5) is 0 Å². The van der Waals surface area contributed by atoms with E-state index in [0.29, 0.717) is 39.9 Å². The van der Waals surface area contributed by atoms with E-state index in [9.17, 15) is 4.79 Å². The van der Waals surface area contributed by atoms with E-state index < -0.39 is 0 Å². The van der Waals surface area contributed by atoms with Crippen LogP contribution in [-0.2, 0) is 13.0 Å².